The molecule has 4 nitrogen and oxygen atoms in total. The Labute approximate surface area is 78.4 Å². The lowest BCUT2D eigenvalue weighted by molar-refractivity contribution is -0.116. The van der Waals surface area contributed by atoms with Crippen LogP contribution in [0.25, 0.3) is 0 Å². The maximum absolute atomic E-state index is 11.3. The normalized spacial score (nSPS) is 15.9. The van der Waals surface area contributed by atoms with Gasteiger partial charge in [-0.25, -0.2) is 4.99 Å². The van der Waals surface area contributed by atoms with Crippen molar-refractivity contribution < 1.29 is 9.53 Å². The summed E-state index contributed by atoms with van der Waals surface area (Å²) in [7, 11) is 0. The van der Waals surface area contributed by atoms with Crippen molar-refractivity contribution in [1.82, 2.24) is 5.32 Å². The van der Waals surface area contributed by atoms with Gasteiger partial charge in [0, 0.05) is 19.5 Å². The lowest BCUT2D eigenvalue weighted by atomic mass is 10.3. The average Bonchev–Trinajstić information content (AvgIpc) is 2.19. The van der Waals surface area contributed by atoms with Crippen LogP contribution >= 0.6 is 0 Å². The van der Waals surface area contributed by atoms with Crippen LogP contribution in [-0.4, -0.2) is 31.5 Å². The molecule has 0 aromatic heterocycles. The summed E-state index contributed by atoms with van der Waals surface area (Å²) < 4.78 is 5.11. The quantitative estimate of drug-likeness (QED) is 0.654. The van der Waals surface area contributed by atoms with E-state index in [1.165, 1.54) is 0 Å². The highest BCUT2D eigenvalue weighted by molar-refractivity contribution is 6.35. The second kappa shape index (κ2) is 5.56. The van der Waals surface area contributed by atoms with Gasteiger partial charge in [-0.1, -0.05) is 13.3 Å². The molecule has 0 unspecified atom stereocenters. The molecule has 1 amide bonds. The van der Waals surface area contributed by atoms with E-state index in [1.807, 2.05) is 0 Å². The summed E-state index contributed by atoms with van der Waals surface area (Å²) in [4.78, 5) is 15.3. The minimum absolute atomic E-state index is 0.173. The second-order valence-corrected chi connectivity index (χ2v) is 3.00. The third kappa shape index (κ3) is 3.44. The van der Waals surface area contributed by atoms with Crippen LogP contribution in [0.3, 0.4) is 0 Å². The monoisotopic (exact) mass is 184 g/mol. The van der Waals surface area contributed by atoms with Gasteiger partial charge in [0.2, 0.25) is 0 Å². The zero-order valence-corrected chi connectivity index (χ0v) is 8.01. The van der Waals surface area contributed by atoms with Crippen LogP contribution in [0.15, 0.2) is 4.99 Å². The molecule has 0 aromatic rings. The summed E-state index contributed by atoms with van der Waals surface area (Å²) in [5.41, 5.74) is 0. The number of hydrogen-bond acceptors (Lipinski definition) is 3. The largest absolute Gasteiger partial charge is 0.474 e. The van der Waals surface area contributed by atoms with Gasteiger partial charge in [-0.2, -0.15) is 0 Å². The van der Waals surface area contributed by atoms with Crippen LogP contribution in [0.4, 0.5) is 0 Å². The number of nitrogens with one attached hydrogen (secondary N) is 1. The number of hydrogen-bond donors (Lipinski definition) is 1. The van der Waals surface area contributed by atoms with Gasteiger partial charge in [0.25, 0.3) is 5.90 Å². The Hall–Kier alpha value is -1.06. The van der Waals surface area contributed by atoms with E-state index in [-0.39, 0.29) is 11.8 Å². The van der Waals surface area contributed by atoms with Crippen LogP contribution < -0.4 is 5.32 Å². The lowest BCUT2D eigenvalue weighted by Crippen LogP contribution is -2.35. The number of carbonyl (C=O) groups excluding carboxylic acids is 1. The SMILES string of the molecule is CCCCNC(=O)C1=NCCCO1. The van der Waals surface area contributed by atoms with E-state index in [2.05, 4.69) is 17.2 Å². The highest BCUT2D eigenvalue weighted by Gasteiger charge is 2.14. The van der Waals surface area contributed by atoms with Crippen LogP contribution in [0.2, 0.25) is 0 Å². The molecule has 0 atom stereocenters. The van der Waals surface area contributed by atoms with Crippen molar-refractivity contribution in [3.8, 4) is 0 Å². The molecular weight excluding hydrogens is 168 g/mol. The van der Waals surface area contributed by atoms with Gasteiger partial charge in [0.05, 0.1) is 6.61 Å². The third-order valence-corrected chi connectivity index (χ3v) is 1.81. The first kappa shape index (κ1) is 10.0. The number of unbranched alkanes of at least 4 members (excludes halogenated alkanes) is 1. The molecule has 0 aromatic carbocycles. The van der Waals surface area contributed by atoms with Crippen molar-refractivity contribution in [3.63, 3.8) is 0 Å². The van der Waals surface area contributed by atoms with Gasteiger partial charge in [0.1, 0.15) is 0 Å². The maximum atomic E-state index is 11.3. The molecule has 0 saturated carbocycles. The van der Waals surface area contributed by atoms with E-state index in [4.69, 9.17) is 4.74 Å². The second-order valence-electron chi connectivity index (χ2n) is 3.00. The first-order chi connectivity index (χ1) is 6.34. The first-order valence-electron chi connectivity index (χ1n) is 4.80. The number of ether oxygens (including phenoxy) is 1. The molecule has 0 fully saturated rings. The predicted octanol–water partition coefficient (Wildman–Crippen LogP) is 0.722. The number of rotatable bonds is 4. The zero-order chi connectivity index (χ0) is 9.52. The van der Waals surface area contributed by atoms with E-state index in [1.54, 1.807) is 0 Å². The van der Waals surface area contributed by atoms with E-state index in [0.717, 1.165) is 19.3 Å². The van der Waals surface area contributed by atoms with Crippen LogP contribution in [0.5, 0.6) is 0 Å². The summed E-state index contributed by atoms with van der Waals surface area (Å²) in [6, 6.07) is 0. The van der Waals surface area contributed by atoms with Gasteiger partial charge in [-0.15, -0.1) is 0 Å². The Balaban J connectivity index is 2.25. The molecule has 0 radical (unpaired) electrons. The Morgan fingerprint density at radius 3 is 3.15 bits per heavy atom. The fraction of sp³-hybridized carbons (Fsp3) is 0.778. The molecule has 0 bridgehead atoms. The van der Waals surface area contributed by atoms with Gasteiger partial charge in [-0.3, -0.25) is 4.79 Å². The van der Waals surface area contributed by atoms with E-state index < -0.39 is 0 Å². The number of nitrogens with zero attached hydrogens (tertiary/aromatic N) is 1. The standard InChI is InChI=1S/C9H16N2O2/c1-2-3-5-10-8(12)9-11-6-4-7-13-9/h2-7H2,1H3,(H,10,12). The molecule has 1 N–H and O–H groups in total. The van der Waals surface area contributed by atoms with Crippen molar-refractivity contribution in [3.05, 3.63) is 0 Å². The van der Waals surface area contributed by atoms with Crippen molar-refractivity contribution in [2.75, 3.05) is 19.7 Å². The molecule has 0 saturated heterocycles. The van der Waals surface area contributed by atoms with Crippen LogP contribution in [0, 0.1) is 0 Å². The van der Waals surface area contributed by atoms with Gasteiger partial charge in [-0.05, 0) is 6.42 Å². The van der Waals surface area contributed by atoms with Crippen molar-refractivity contribution in [2.45, 2.75) is 26.2 Å². The molecule has 0 aliphatic carbocycles. The van der Waals surface area contributed by atoms with E-state index >= 15 is 0 Å². The average molecular weight is 184 g/mol. The smallest absolute Gasteiger partial charge is 0.306 e. The Kier molecular flexibility index (Phi) is 4.29. The molecule has 4 heteroatoms. The first-order valence-corrected chi connectivity index (χ1v) is 4.80. The fourth-order valence-corrected chi connectivity index (χ4v) is 1.05. The van der Waals surface area contributed by atoms with Gasteiger partial charge < -0.3 is 10.1 Å². The molecule has 1 rings (SSSR count). The summed E-state index contributed by atoms with van der Waals surface area (Å²) in [5.74, 6) is 0.0792. The van der Waals surface area contributed by atoms with Crippen LogP contribution in [-0.2, 0) is 9.53 Å². The fourth-order valence-electron chi connectivity index (χ4n) is 1.05. The molecule has 1 aliphatic heterocycles. The molecule has 1 heterocycles. The molecule has 1 aliphatic rings. The Morgan fingerprint density at radius 2 is 2.54 bits per heavy atom. The highest BCUT2D eigenvalue weighted by atomic mass is 16.5. The maximum Gasteiger partial charge on any atom is 0.306 e. The summed E-state index contributed by atoms with van der Waals surface area (Å²) in [5, 5.41) is 2.76. The number of aliphatic imine (C=N–C) groups is 1. The van der Waals surface area contributed by atoms with Crippen molar-refractivity contribution >= 4 is 11.8 Å². The zero-order valence-electron chi connectivity index (χ0n) is 8.01. The van der Waals surface area contributed by atoms with Gasteiger partial charge >= 0.3 is 5.91 Å². The minimum atomic E-state index is -0.173. The van der Waals surface area contributed by atoms with Crippen molar-refractivity contribution in [1.29, 1.82) is 0 Å². The highest BCUT2D eigenvalue weighted by Crippen LogP contribution is 1.96. The predicted molar refractivity (Wildman–Crippen MR) is 50.8 cm³/mol. The molecular formula is C9H16N2O2. The van der Waals surface area contributed by atoms with Crippen molar-refractivity contribution in [2.24, 2.45) is 4.99 Å². The number of carbonyl (C=O) groups is 1. The summed E-state index contributed by atoms with van der Waals surface area (Å²) in [6.07, 6.45) is 2.98. The lowest BCUT2D eigenvalue weighted by Gasteiger charge is -2.12. The minimum Gasteiger partial charge on any atom is -0.474 e. The van der Waals surface area contributed by atoms with Gasteiger partial charge in [0.15, 0.2) is 0 Å². The molecule has 13 heavy (non-hydrogen) atoms. The topological polar surface area (TPSA) is 50.7 Å². The molecule has 74 valence electrons. The number of amides is 1. The summed E-state index contributed by atoms with van der Waals surface area (Å²) >= 11 is 0. The third-order valence-electron chi connectivity index (χ3n) is 1.81. The van der Waals surface area contributed by atoms with E-state index in [0.29, 0.717) is 19.7 Å². The summed E-state index contributed by atoms with van der Waals surface area (Å²) in [6.45, 7) is 4.11. The Morgan fingerprint density at radius 1 is 1.69 bits per heavy atom. The molecule has 0 spiro atoms. The van der Waals surface area contributed by atoms with Crippen LogP contribution in [0.1, 0.15) is 26.2 Å². The Bertz CT molecular complexity index is 202. The van der Waals surface area contributed by atoms with E-state index in [9.17, 15) is 4.79 Å².